The standard InChI is InChI=1S/C129H153BN4/c1-119(2,3)74-81-38-34-42-86(58-81)98-72-112(100(64-90(98)79-124(16,17)18)88-44-36-40-83(60-88)76-121(7,8)9)133-114-70-96(131-108-54-46-92(126(22,23)24)66-102(108)103-67-93(127(25,26)27)47-55-109(103)131)50-52-106(114)130-107-53-51-97(132-110-56-48-94(128(28,29)30)68-104(110)105-69-95(129(31,32)33)49-57-111(105)132)71-115(107)134(117-63-85(78-123(13,14)15)62-116(133)118(117)130)113-73-99(87-43-35-39-82(59-87)75-120(4,5)6)91(80-125(19,20)21)65-101(113)89-45-37-41-84(61-89)77-122(10,11)12/h34-73H,74-80H2,1-33H3/i78D2,79D2,80D2. The smallest absolute Gasteiger partial charge is 0.252 e. The summed E-state index contributed by atoms with van der Waals surface area (Å²) in [6.07, 6.45) is -2.76. The number of benzene rings is 13. The van der Waals surface area contributed by atoms with Crippen molar-refractivity contribution in [2.45, 2.75) is 295 Å². The minimum Gasteiger partial charge on any atom is -0.311 e. The van der Waals surface area contributed by atoms with Gasteiger partial charge >= 0.3 is 0 Å². The van der Waals surface area contributed by atoms with E-state index in [-0.39, 0.29) is 43.3 Å². The second kappa shape index (κ2) is 33.5. The molecule has 0 fully saturated rings. The average molecular weight is 1780 g/mol. The van der Waals surface area contributed by atoms with Crippen molar-refractivity contribution in [3.8, 4) is 55.9 Å². The lowest BCUT2D eigenvalue weighted by molar-refractivity contribution is 0.410. The van der Waals surface area contributed by atoms with Crippen LogP contribution in [0.4, 0.5) is 34.1 Å². The first-order valence-corrected chi connectivity index (χ1v) is 49.6. The van der Waals surface area contributed by atoms with Crippen molar-refractivity contribution in [1.82, 2.24) is 9.13 Å². The Morgan fingerprint density at radius 2 is 0.507 bits per heavy atom. The third kappa shape index (κ3) is 19.7. The van der Waals surface area contributed by atoms with Crippen molar-refractivity contribution < 1.29 is 8.22 Å². The van der Waals surface area contributed by atoms with Gasteiger partial charge in [-0.3, -0.25) is 0 Å². The minimum atomic E-state index is -2.05. The Labute approximate surface area is 815 Å². The van der Waals surface area contributed by atoms with Gasteiger partial charge in [0.15, 0.2) is 0 Å². The van der Waals surface area contributed by atoms with Gasteiger partial charge in [0.05, 0.1) is 33.4 Å². The molecule has 134 heavy (non-hydrogen) atoms. The molecule has 0 unspecified atom stereocenters. The molecule has 0 saturated carbocycles. The van der Waals surface area contributed by atoms with Crippen LogP contribution in [0.2, 0.25) is 0 Å². The number of nitrogens with zero attached hydrogens (tertiary/aromatic N) is 4. The molecule has 0 amide bonds. The van der Waals surface area contributed by atoms with Crippen LogP contribution in [-0.4, -0.2) is 15.8 Å². The summed E-state index contributed by atoms with van der Waals surface area (Å²) in [5.74, 6) is 0. The first-order chi connectivity index (χ1) is 64.5. The van der Waals surface area contributed by atoms with Crippen molar-refractivity contribution >= 4 is 101 Å². The molecule has 15 aromatic rings. The Kier molecular flexibility index (Phi) is 21.8. The van der Waals surface area contributed by atoms with E-state index in [1.807, 2.05) is 62.3 Å². The van der Waals surface area contributed by atoms with E-state index >= 15 is 0 Å². The Bertz CT molecular complexity index is 6860. The number of fused-ring (bicyclic) bond motifs is 10. The van der Waals surface area contributed by atoms with Crippen LogP contribution in [0.3, 0.4) is 0 Å². The Balaban J connectivity index is 1.12. The summed E-state index contributed by atoms with van der Waals surface area (Å²) in [5, 5.41) is 4.68. The molecule has 2 aliphatic rings. The van der Waals surface area contributed by atoms with E-state index in [4.69, 9.17) is 0 Å². The lowest BCUT2D eigenvalue weighted by Gasteiger charge is -2.46. The second-order valence-corrected chi connectivity index (χ2v) is 51.8. The molecule has 0 saturated heterocycles. The van der Waals surface area contributed by atoms with Gasteiger partial charge < -0.3 is 18.9 Å². The zero-order valence-corrected chi connectivity index (χ0v) is 87.3. The molecule has 2 aromatic heterocycles. The molecule has 692 valence electrons. The lowest BCUT2D eigenvalue weighted by Crippen LogP contribution is -2.61. The van der Waals surface area contributed by atoms with Gasteiger partial charge in [0.25, 0.3) is 6.71 Å². The van der Waals surface area contributed by atoms with Crippen LogP contribution in [0, 0.1) is 37.9 Å². The molecule has 4 nitrogen and oxygen atoms in total. The van der Waals surface area contributed by atoms with Crippen LogP contribution in [0.5, 0.6) is 0 Å². The SMILES string of the molecule is [2H]C([2H])(c1cc2c3c(c1)N(c1cc(-c4cccc(CC(C)(C)C)c4)c(C([2H])([2H])C(C)(C)C)cc1-c1cccc(CC(C)(C)C)c1)c1cc(-n4c5ccc(C(C)(C)C)cc5c5cc(C(C)(C)C)ccc54)ccc1B3c1ccc(-n3c4ccc(C(C)(C)C)cc4c4cc(C(C)(C)C)ccc43)cc1N2c1cc(-c2cccc(CC(C)(C)C)c2)c(C([2H])([2H])C(C)(C)C)cc1-c1cccc(CC(C)(C)C)c1)C(C)(C)C. The number of aromatic nitrogens is 2. The molecule has 0 bridgehead atoms. The fraction of sp³-hybridized carbons (Fsp3) is 0.395. The minimum absolute atomic E-state index is 0.0767. The van der Waals surface area contributed by atoms with Gasteiger partial charge in [0, 0.05) is 75.0 Å². The van der Waals surface area contributed by atoms with Crippen molar-refractivity contribution in [2.75, 3.05) is 9.80 Å². The van der Waals surface area contributed by atoms with E-state index in [0.717, 1.165) is 176 Å². The summed E-state index contributed by atoms with van der Waals surface area (Å²) in [4.78, 5) is 5.03. The largest absolute Gasteiger partial charge is 0.311 e. The molecule has 17 rings (SSSR count). The van der Waals surface area contributed by atoms with E-state index in [1.165, 1.54) is 43.8 Å². The first kappa shape index (κ1) is 87.2. The number of hydrogen-bond acceptors (Lipinski definition) is 2. The third-order valence-corrected chi connectivity index (χ3v) is 26.7. The molecule has 0 atom stereocenters. The average Bonchev–Trinajstić information content (AvgIpc) is 0.780. The van der Waals surface area contributed by atoms with E-state index in [2.05, 4.69) is 428 Å². The van der Waals surface area contributed by atoms with Crippen LogP contribution < -0.4 is 26.2 Å². The highest BCUT2D eigenvalue weighted by Gasteiger charge is 2.46. The van der Waals surface area contributed by atoms with Crippen molar-refractivity contribution in [3.63, 3.8) is 0 Å². The normalized spacial score (nSPS) is 14.9. The van der Waals surface area contributed by atoms with E-state index in [9.17, 15) is 8.22 Å². The van der Waals surface area contributed by atoms with Crippen LogP contribution in [0.1, 0.15) is 298 Å². The molecule has 0 N–H and O–H groups in total. The molecule has 4 heterocycles. The quantitative estimate of drug-likeness (QED) is 0.0951. The first-order valence-electron chi connectivity index (χ1n) is 52.6. The van der Waals surface area contributed by atoms with E-state index in [0.29, 0.717) is 16.7 Å². The molecular formula is C129H153BN4. The Morgan fingerprint density at radius 3 is 0.769 bits per heavy atom. The Morgan fingerprint density at radius 1 is 0.231 bits per heavy atom. The predicted molar refractivity (Wildman–Crippen MR) is 588 cm³/mol. The van der Waals surface area contributed by atoms with E-state index in [1.54, 1.807) is 0 Å². The molecule has 0 radical (unpaired) electrons. The van der Waals surface area contributed by atoms with Gasteiger partial charge in [-0.2, -0.15) is 0 Å². The highest BCUT2D eigenvalue weighted by atomic mass is 15.2. The number of hydrogen-bond donors (Lipinski definition) is 0. The number of anilines is 6. The summed E-state index contributed by atoms with van der Waals surface area (Å²) < 4.78 is 71.4. The van der Waals surface area contributed by atoms with Crippen LogP contribution in [0.25, 0.3) is 99.5 Å². The topological polar surface area (TPSA) is 16.3 Å². The van der Waals surface area contributed by atoms with Gasteiger partial charge in [-0.15, -0.1) is 0 Å². The van der Waals surface area contributed by atoms with Crippen LogP contribution in [0.15, 0.2) is 243 Å². The predicted octanol–water partition coefficient (Wildman–Crippen LogP) is 34.9. The van der Waals surface area contributed by atoms with Crippen LogP contribution >= 0.6 is 0 Å². The zero-order valence-electron chi connectivity index (χ0n) is 93.3. The fourth-order valence-electron chi connectivity index (χ4n) is 21.1. The maximum Gasteiger partial charge on any atom is 0.252 e. The van der Waals surface area contributed by atoms with Gasteiger partial charge in [0.1, 0.15) is 0 Å². The van der Waals surface area contributed by atoms with E-state index < -0.39 is 42.1 Å². The summed E-state index contributed by atoms with van der Waals surface area (Å²) in [7, 11) is 0. The summed E-state index contributed by atoms with van der Waals surface area (Å²) in [6.45, 7) is 73.0. The van der Waals surface area contributed by atoms with Crippen molar-refractivity contribution in [3.05, 3.63) is 304 Å². The summed E-state index contributed by atoms with van der Waals surface area (Å²) in [5.41, 5.74) is 28.6. The molecule has 0 aliphatic carbocycles. The second-order valence-electron chi connectivity index (χ2n) is 51.8. The molecular weight excluding hydrogens is 1620 g/mol. The van der Waals surface area contributed by atoms with Gasteiger partial charge in [-0.25, -0.2) is 0 Å². The summed E-state index contributed by atoms with van der Waals surface area (Å²) >= 11 is 0. The van der Waals surface area contributed by atoms with Gasteiger partial charge in [0.2, 0.25) is 0 Å². The van der Waals surface area contributed by atoms with Crippen LogP contribution in [-0.2, 0) is 66.5 Å². The molecule has 0 spiro atoms. The Hall–Kier alpha value is -10.9. The highest BCUT2D eigenvalue weighted by Crippen LogP contribution is 2.55. The number of rotatable bonds is 15. The maximum absolute atomic E-state index is 11.3. The highest BCUT2D eigenvalue weighted by molar-refractivity contribution is 7.00. The molecule has 2 aliphatic heterocycles. The van der Waals surface area contributed by atoms with Gasteiger partial charge in [-0.1, -0.05) is 362 Å². The third-order valence-electron chi connectivity index (χ3n) is 26.7. The fourth-order valence-corrected chi connectivity index (χ4v) is 21.1. The lowest BCUT2D eigenvalue weighted by atomic mass is 9.33. The summed E-state index contributed by atoms with van der Waals surface area (Å²) in [6, 6.07) is 92.3. The maximum atomic E-state index is 11.3. The van der Waals surface area contributed by atoms with Crippen molar-refractivity contribution in [1.29, 1.82) is 0 Å². The van der Waals surface area contributed by atoms with Crippen molar-refractivity contribution in [2.24, 2.45) is 37.9 Å². The monoisotopic (exact) mass is 1780 g/mol. The van der Waals surface area contributed by atoms with Gasteiger partial charge in [-0.05, 0) is 325 Å². The molecule has 13 aromatic carbocycles. The molecule has 5 heteroatoms. The zero-order chi connectivity index (χ0) is 102.